The summed E-state index contributed by atoms with van der Waals surface area (Å²) < 4.78 is 23.6. The lowest BCUT2D eigenvalue weighted by Gasteiger charge is -2.08. The van der Waals surface area contributed by atoms with Crippen LogP contribution in [0.2, 0.25) is 0 Å². The van der Waals surface area contributed by atoms with E-state index in [4.69, 9.17) is 0 Å². The Morgan fingerprint density at radius 1 is 1.38 bits per heavy atom. The number of rotatable bonds is 3. The van der Waals surface area contributed by atoms with Crippen molar-refractivity contribution in [1.82, 2.24) is 0 Å². The molecule has 0 aromatic rings. The second-order valence-electron chi connectivity index (χ2n) is 2.13. The molecule has 0 aromatic heterocycles. The Balaban J connectivity index is 3.17. The maximum absolute atomic E-state index is 12.1. The molecule has 8 heavy (non-hydrogen) atoms. The van der Waals surface area contributed by atoms with Crippen molar-refractivity contribution in [3.63, 3.8) is 0 Å². The first-order chi connectivity index (χ1) is 3.68. The van der Waals surface area contributed by atoms with Crippen LogP contribution >= 0.6 is 0 Å². The van der Waals surface area contributed by atoms with Crippen molar-refractivity contribution in [3.05, 3.63) is 0 Å². The van der Waals surface area contributed by atoms with Gasteiger partial charge in [0.2, 0.25) is 0 Å². The smallest absolute Gasteiger partial charge is 0.0999 e. The second-order valence-corrected chi connectivity index (χ2v) is 2.13. The van der Waals surface area contributed by atoms with Crippen molar-refractivity contribution >= 4 is 0 Å². The normalized spacial score (nSPS) is 18.0. The predicted octanol–water partition coefficient (Wildman–Crippen LogP) is 2.34. The predicted molar refractivity (Wildman–Crippen MR) is 30.3 cm³/mol. The van der Waals surface area contributed by atoms with Crippen LogP contribution in [0.4, 0.5) is 8.78 Å². The minimum absolute atomic E-state index is 0.125. The minimum atomic E-state index is -0.870. The van der Waals surface area contributed by atoms with Crippen LogP contribution in [0.15, 0.2) is 0 Å². The Kier molecular flexibility index (Phi) is 3.75. The van der Waals surface area contributed by atoms with Crippen LogP contribution in [0.25, 0.3) is 0 Å². The summed E-state index contributed by atoms with van der Waals surface area (Å²) >= 11 is 0. The second kappa shape index (κ2) is 3.81. The first-order valence-corrected chi connectivity index (χ1v) is 2.88. The van der Waals surface area contributed by atoms with Gasteiger partial charge in [0.25, 0.3) is 0 Å². The highest BCUT2D eigenvalue weighted by molar-refractivity contribution is 4.57. The highest BCUT2D eigenvalue weighted by atomic mass is 19.1. The summed E-state index contributed by atoms with van der Waals surface area (Å²) in [5.74, 6) is -0.125. The van der Waals surface area contributed by atoms with Gasteiger partial charge in [0.15, 0.2) is 0 Å². The van der Waals surface area contributed by atoms with Gasteiger partial charge in [-0.2, -0.15) is 0 Å². The molecule has 0 spiro atoms. The Bertz CT molecular complexity index is 52.5. The molecule has 0 heterocycles. The summed E-state index contributed by atoms with van der Waals surface area (Å²) in [6, 6.07) is 0. The van der Waals surface area contributed by atoms with Gasteiger partial charge in [-0.3, -0.25) is 4.39 Å². The van der Waals surface area contributed by atoms with E-state index in [1.165, 1.54) is 6.92 Å². The first-order valence-electron chi connectivity index (χ1n) is 2.88. The summed E-state index contributed by atoms with van der Waals surface area (Å²) in [4.78, 5) is 0. The van der Waals surface area contributed by atoms with E-state index >= 15 is 0 Å². The molecule has 0 saturated heterocycles. The molecule has 0 amide bonds. The molecule has 0 aliphatic heterocycles. The van der Waals surface area contributed by atoms with E-state index in [0.717, 1.165) is 0 Å². The average molecular weight is 122 g/mol. The van der Waals surface area contributed by atoms with E-state index in [0.29, 0.717) is 6.42 Å². The maximum Gasteiger partial charge on any atom is 0.0999 e. The topological polar surface area (TPSA) is 0 Å². The third kappa shape index (κ3) is 2.94. The van der Waals surface area contributed by atoms with Gasteiger partial charge in [-0.1, -0.05) is 6.92 Å². The number of hydrogen-bond acceptors (Lipinski definition) is 0. The monoisotopic (exact) mass is 122 g/mol. The van der Waals surface area contributed by atoms with Gasteiger partial charge in [0.05, 0.1) is 12.8 Å². The van der Waals surface area contributed by atoms with Crippen LogP contribution < -0.4 is 0 Å². The zero-order valence-electron chi connectivity index (χ0n) is 5.32. The lowest BCUT2D eigenvalue weighted by molar-refractivity contribution is 0.237. The van der Waals surface area contributed by atoms with E-state index in [2.05, 4.69) is 0 Å². The van der Waals surface area contributed by atoms with Gasteiger partial charge in [0.1, 0.15) is 0 Å². The molecule has 0 aromatic carbocycles. The van der Waals surface area contributed by atoms with E-state index < -0.39 is 12.8 Å². The van der Waals surface area contributed by atoms with Crippen LogP contribution in [0.3, 0.4) is 0 Å². The molecule has 0 nitrogen and oxygen atoms in total. The molecule has 0 rings (SSSR count). The Hall–Kier alpha value is -0.140. The van der Waals surface area contributed by atoms with E-state index in [1.54, 1.807) is 6.92 Å². The number of halogens is 2. The van der Waals surface area contributed by atoms with Gasteiger partial charge >= 0.3 is 0 Å². The van der Waals surface area contributed by atoms with Gasteiger partial charge in [-0.25, -0.2) is 4.39 Å². The standard InChI is InChI=1S/C6H12F2/c1-5(3-4-7)6(2)8/h5-6H,3-4H2,1-2H3. The van der Waals surface area contributed by atoms with Crippen LogP contribution in [0, 0.1) is 5.92 Å². The van der Waals surface area contributed by atoms with Crippen molar-refractivity contribution in [2.24, 2.45) is 5.92 Å². The SMILES string of the molecule is CC(F)C(C)CCF. The summed E-state index contributed by atoms with van der Waals surface area (Å²) in [5.41, 5.74) is 0. The molecule has 50 valence electrons. The van der Waals surface area contributed by atoms with Crippen molar-refractivity contribution in [2.45, 2.75) is 26.4 Å². The minimum Gasteiger partial charge on any atom is -0.251 e. The third-order valence-electron chi connectivity index (χ3n) is 1.35. The molecule has 2 unspecified atom stereocenters. The first kappa shape index (κ1) is 7.86. The van der Waals surface area contributed by atoms with E-state index in [-0.39, 0.29) is 5.92 Å². The van der Waals surface area contributed by atoms with Crippen molar-refractivity contribution in [3.8, 4) is 0 Å². The van der Waals surface area contributed by atoms with Gasteiger partial charge in [-0.05, 0) is 19.3 Å². The fraction of sp³-hybridized carbons (Fsp3) is 1.00. The van der Waals surface area contributed by atoms with Crippen molar-refractivity contribution in [2.75, 3.05) is 6.67 Å². The molecule has 0 radical (unpaired) electrons. The van der Waals surface area contributed by atoms with Gasteiger partial charge < -0.3 is 0 Å². The zero-order chi connectivity index (χ0) is 6.57. The van der Waals surface area contributed by atoms with Crippen molar-refractivity contribution in [1.29, 1.82) is 0 Å². The largest absolute Gasteiger partial charge is 0.251 e. The van der Waals surface area contributed by atoms with Crippen LogP contribution in [0.5, 0.6) is 0 Å². The number of hydrogen-bond donors (Lipinski definition) is 0. The van der Waals surface area contributed by atoms with Gasteiger partial charge in [0, 0.05) is 0 Å². The maximum atomic E-state index is 12.1. The van der Waals surface area contributed by atoms with E-state index in [9.17, 15) is 8.78 Å². The van der Waals surface area contributed by atoms with Gasteiger partial charge in [-0.15, -0.1) is 0 Å². The summed E-state index contributed by atoms with van der Waals surface area (Å²) in [5, 5.41) is 0. The lowest BCUT2D eigenvalue weighted by Crippen LogP contribution is -2.08. The summed E-state index contributed by atoms with van der Waals surface area (Å²) in [6.45, 7) is 2.76. The Morgan fingerprint density at radius 2 is 1.88 bits per heavy atom. The molecule has 0 aliphatic rings. The zero-order valence-corrected chi connectivity index (χ0v) is 5.32. The molecule has 2 heteroatoms. The average Bonchev–Trinajstić information content (AvgIpc) is 1.67. The highest BCUT2D eigenvalue weighted by Gasteiger charge is 2.08. The molecule has 0 fully saturated rings. The molecular weight excluding hydrogens is 110 g/mol. The Labute approximate surface area is 48.9 Å². The fourth-order valence-electron chi connectivity index (χ4n) is 0.402. The molecule has 0 bridgehead atoms. The summed E-state index contributed by atoms with van der Waals surface area (Å²) in [7, 11) is 0. The fourth-order valence-corrected chi connectivity index (χ4v) is 0.402. The number of alkyl halides is 2. The highest BCUT2D eigenvalue weighted by Crippen LogP contribution is 2.10. The molecule has 0 aliphatic carbocycles. The summed E-state index contributed by atoms with van der Waals surface area (Å²) in [6.07, 6.45) is -0.525. The lowest BCUT2D eigenvalue weighted by atomic mass is 10.1. The van der Waals surface area contributed by atoms with Crippen LogP contribution in [-0.4, -0.2) is 12.8 Å². The Morgan fingerprint density at radius 3 is 2.00 bits per heavy atom. The van der Waals surface area contributed by atoms with Crippen LogP contribution in [0.1, 0.15) is 20.3 Å². The third-order valence-corrected chi connectivity index (χ3v) is 1.35. The van der Waals surface area contributed by atoms with Crippen LogP contribution in [-0.2, 0) is 0 Å². The quantitative estimate of drug-likeness (QED) is 0.539. The van der Waals surface area contributed by atoms with Crippen molar-refractivity contribution < 1.29 is 8.78 Å². The molecule has 0 N–H and O–H groups in total. The van der Waals surface area contributed by atoms with E-state index in [1.807, 2.05) is 0 Å². The molecular formula is C6H12F2. The molecule has 0 saturated carbocycles. The molecule has 2 atom stereocenters.